The van der Waals surface area contributed by atoms with E-state index in [0.717, 1.165) is 60.6 Å². The topological polar surface area (TPSA) is 109 Å². The molecule has 0 spiro atoms. The molecule has 0 radical (unpaired) electrons. The Labute approximate surface area is 467 Å². The molecule has 0 saturated heterocycles. The summed E-state index contributed by atoms with van der Waals surface area (Å²) in [7, 11) is 0. The predicted octanol–water partition coefficient (Wildman–Crippen LogP) is 18.5. The van der Waals surface area contributed by atoms with E-state index < -0.39 is 0 Å². The number of rotatable bonds is 0. The summed E-state index contributed by atoms with van der Waals surface area (Å²) in [5.41, 5.74) is 16.0. The van der Waals surface area contributed by atoms with Gasteiger partial charge in [-0.1, -0.05) is 211 Å². The van der Waals surface area contributed by atoms with E-state index in [1.807, 2.05) is 12.1 Å². The Bertz CT molecular complexity index is 3890. The summed E-state index contributed by atoms with van der Waals surface area (Å²) in [6, 6.07) is 13.5. The fraction of sp³-hybridized carbons (Fsp3) is 0.514. The molecule has 8 bridgehead atoms. The quantitative estimate of drug-likeness (QED) is 0.146. The molecule has 0 fully saturated rings. The summed E-state index contributed by atoms with van der Waals surface area (Å²) in [6.07, 6.45) is 6.19. The van der Waals surface area contributed by atoms with E-state index in [1.54, 1.807) is 0 Å². The van der Waals surface area contributed by atoms with Crippen molar-refractivity contribution in [1.29, 1.82) is 0 Å². The fourth-order valence-electron chi connectivity index (χ4n) is 12.4. The number of nitrogens with one attached hydrogen (secondary N) is 2. The highest BCUT2D eigenvalue weighted by Gasteiger charge is 2.42. The number of benzene rings is 4. The average Bonchev–Trinajstić information content (AvgIpc) is 4.04. The highest BCUT2D eigenvalue weighted by atomic mass is 15.1. The predicted molar refractivity (Wildman–Crippen MR) is 332 cm³/mol. The number of aromatic nitrogens is 8. The monoisotopic (exact) mass is 1040 g/mol. The van der Waals surface area contributed by atoms with E-state index in [2.05, 4.69) is 227 Å². The van der Waals surface area contributed by atoms with E-state index in [9.17, 15) is 0 Å². The molecular formula is C70H90N8. The molecule has 0 saturated carbocycles. The van der Waals surface area contributed by atoms with E-state index in [4.69, 9.17) is 36.3 Å². The number of hydrogen-bond acceptors (Lipinski definition) is 6. The summed E-state index contributed by atoms with van der Waals surface area (Å²) >= 11 is 0. The van der Waals surface area contributed by atoms with Gasteiger partial charge in [0.1, 0.15) is 22.6 Å². The number of fused-ring (bicyclic) bond motifs is 20. The molecular weight excluding hydrogens is 953 g/mol. The zero-order valence-electron chi connectivity index (χ0n) is 52.7. The van der Waals surface area contributed by atoms with Crippen molar-refractivity contribution in [2.24, 2.45) is 0 Å². The van der Waals surface area contributed by atoms with Crippen LogP contribution in [0.2, 0.25) is 0 Å². The van der Waals surface area contributed by atoms with Crippen LogP contribution in [0.4, 0.5) is 0 Å². The van der Waals surface area contributed by atoms with Crippen molar-refractivity contribution < 1.29 is 0 Å². The van der Waals surface area contributed by atoms with Crippen LogP contribution in [0.3, 0.4) is 0 Å². The number of H-pyrrole nitrogens is 2. The third-order valence-electron chi connectivity index (χ3n) is 15.9. The SMILES string of the molecule is C#Cc1ccc2c3nc4nc(nc5[nH]c(nc6nc(nc([nH]3)c2c1)-c1c(C(C)(C)C)cc(C(C)(C)C)c(C(C)(C)C)c1-6)c1c(C(C)(C)C)cc(C(C)(C)C)c(C(C)(C)C)c51)-c1c(C(C)(C)C)cc(C(C)(C)C)c(C(C)(C)C)c1-4. The molecule has 410 valence electrons. The Morgan fingerprint density at radius 1 is 0.308 bits per heavy atom. The van der Waals surface area contributed by atoms with Gasteiger partial charge < -0.3 is 9.97 Å². The number of hydrogen-bond donors (Lipinski definition) is 2. The first-order valence-corrected chi connectivity index (χ1v) is 28.4. The fourth-order valence-corrected chi connectivity index (χ4v) is 12.4. The van der Waals surface area contributed by atoms with Crippen LogP contribution in [0.15, 0.2) is 36.4 Å². The van der Waals surface area contributed by atoms with Gasteiger partial charge in [0.15, 0.2) is 23.3 Å². The largest absolute Gasteiger partial charge is 0.324 e. The smallest absolute Gasteiger partial charge is 0.165 e. The van der Waals surface area contributed by atoms with Crippen molar-refractivity contribution in [3.05, 3.63) is 92.0 Å². The van der Waals surface area contributed by atoms with Crippen molar-refractivity contribution >= 4 is 44.1 Å². The van der Waals surface area contributed by atoms with Gasteiger partial charge in [-0.25, -0.2) is 29.9 Å². The Morgan fingerprint density at radius 3 is 1.00 bits per heavy atom. The van der Waals surface area contributed by atoms with Gasteiger partial charge in [0, 0.05) is 49.4 Å². The molecule has 4 aromatic carbocycles. The zero-order valence-corrected chi connectivity index (χ0v) is 52.7. The van der Waals surface area contributed by atoms with Crippen LogP contribution in [0.1, 0.15) is 243 Å². The van der Waals surface area contributed by atoms with Crippen LogP contribution >= 0.6 is 0 Å². The summed E-state index contributed by atoms with van der Waals surface area (Å²) in [5.74, 6) is 5.34. The first kappa shape index (κ1) is 56.5. The molecule has 2 aliphatic heterocycles. The van der Waals surface area contributed by atoms with Gasteiger partial charge >= 0.3 is 0 Å². The maximum atomic E-state index is 6.19. The van der Waals surface area contributed by atoms with Gasteiger partial charge in [-0.3, -0.25) is 0 Å². The Hall–Kier alpha value is -6.20. The molecule has 0 amide bonds. The summed E-state index contributed by atoms with van der Waals surface area (Å²) in [6.45, 7) is 62.6. The molecule has 3 aromatic heterocycles. The molecule has 7 aromatic rings. The normalized spacial score (nSPS) is 14.1. The lowest BCUT2D eigenvalue weighted by Crippen LogP contribution is -2.26. The average molecular weight is 1040 g/mol. The van der Waals surface area contributed by atoms with Crippen LogP contribution in [0.5, 0.6) is 0 Å². The number of nitrogens with zero attached hydrogens (tertiary/aromatic N) is 6. The second kappa shape index (κ2) is 17.4. The highest BCUT2D eigenvalue weighted by molar-refractivity contribution is 6.11. The van der Waals surface area contributed by atoms with Gasteiger partial charge in [0.05, 0.1) is 0 Å². The van der Waals surface area contributed by atoms with Crippen LogP contribution in [-0.4, -0.2) is 39.9 Å². The van der Waals surface area contributed by atoms with Crippen molar-refractivity contribution in [2.75, 3.05) is 0 Å². The minimum absolute atomic E-state index is 0.213. The van der Waals surface area contributed by atoms with Gasteiger partial charge in [0.25, 0.3) is 0 Å². The van der Waals surface area contributed by atoms with Crippen molar-refractivity contribution in [2.45, 2.75) is 236 Å². The Kier molecular flexibility index (Phi) is 12.6. The van der Waals surface area contributed by atoms with E-state index >= 15 is 0 Å². The van der Waals surface area contributed by atoms with Gasteiger partial charge in [-0.2, -0.15) is 0 Å². The third kappa shape index (κ3) is 9.47. The Morgan fingerprint density at radius 2 is 0.628 bits per heavy atom. The van der Waals surface area contributed by atoms with Gasteiger partial charge in [0.2, 0.25) is 0 Å². The minimum Gasteiger partial charge on any atom is -0.324 e. The van der Waals surface area contributed by atoms with E-state index in [0.29, 0.717) is 40.2 Å². The molecule has 8 nitrogen and oxygen atoms in total. The first-order chi connectivity index (χ1) is 35.3. The number of terminal acetylenes is 1. The molecule has 0 unspecified atom stereocenters. The summed E-state index contributed by atoms with van der Waals surface area (Å²) in [4.78, 5) is 42.6. The lowest BCUT2D eigenvalue weighted by Gasteiger charge is -2.35. The summed E-state index contributed by atoms with van der Waals surface area (Å²) < 4.78 is 0. The second-order valence-corrected chi connectivity index (χ2v) is 32.1. The minimum atomic E-state index is -0.318. The van der Waals surface area contributed by atoms with Crippen LogP contribution in [0, 0.1) is 12.3 Å². The van der Waals surface area contributed by atoms with Gasteiger partial charge in [-0.15, -0.1) is 6.42 Å². The Balaban J connectivity index is 1.71. The summed E-state index contributed by atoms with van der Waals surface area (Å²) in [5, 5.41) is 3.84. The molecule has 0 aliphatic carbocycles. The third-order valence-corrected chi connectivity index (χ3v) is 15.9. The van der Waals surface area contributed by atoms with E-state index in [1.165, 1.54) is 44.5 Å². The van der Waals surface area contributed by atoms with Crippen molar-refractivity contribution in [3.8, 4) is 57.9 Å². The maximum absolute atomic E-state index is 6.19. The van der Waals surface area contributed by atoms with Gasteiger partial charge in [-0.05, 0) is 117 Å². The van der Waals surface area contributed by atoms with E-state index in [-0.39, 0.29) is 48.7 Å². The molecule has 0 atom stereocenters. The second-order valence-electron chi connectivity index (χ2n) is 32.1. The molecule has 5 heterocycles. The maximum Gasteiger partial charge on any atom is 0.165 e. The van der Waals surface area contributed by atoms with Crippen molar-refractivity contribution in [1.82, 2.24) is 39.9 Å². The number of aromatic amines is 2. The molecule has 8 heteroatoms. The highest BCUT2D eigenvalue weighted by Crippen LogP contribution is 2.54. The van der Waals surface area contributed by atoms with Crippen LogP contribution in [-0.2, 0) is 48.7 Å². The van der Waals surface area contributed by atoms with Crippen LogP contribution < -0.4 is 0 Å². The lowest BCUT2D eigenvalue weighted by molar-refractivity contribution is 0.525. The zero-order chi connectivity index (χ0) is 58.1. The molecule has 9 rings (SSSR count). The lowest BCUT2D eigenvalue weighted by atomic mass is 9.69. The molecule has 2 aliphatic rings. The standard InChI is InChI=1S/C70H90N8/c1-29-36-30-31-37-38(32-36)55-71-54(37)72-59-48-46(40(63(5,6)7)34-42(65(11,12)13)51(48)68(20,21)22)57(75-59)76-61-50-47(41(64(8,9)10)35-44(67(17,18)19)53(50)70(26,27)28)58(78-61)77-60-49-45(56(73-55)74-60)39(62(2,3)4)33-43(66(14,15)16)52(49)69(23,24)25/h1,30-35H,2-28H3,(H2,71,72,73,74,75,76,77,78). The first-order valence-electron chi connectivity index (χ1n) is 28.4. The molecule has 2 N–H and O–H groups in total. The van der Waals surface area contributed by atoms with Crippen molar-refractivity contribution in [3.63, 3.8) is 0 Å². The molecule has 78 heavy (non-hydrogen) atoms. The van der Waals surface area contributed by atoms with Crippen LogP contribution in [0.25, 0.3) is 89.7 Å².